The van der Waals surface area contributed by atoms with Gasteiger partial charge in [0.15, 0.2) is 0 Å². The van der Waals surface area contributed by atoms with Crippen LogP contribution in [-0.4, -0.2) is 19.2 Å². The molecule has 90 valence electrons. The van der Waals surface area contributed by atoms with Crippen molar-refractivity contribution in [3.8, 4) is 11.5 Å². The molecule has 0 aliphatic carbocycles. The number of fused-ring (bicyclic) bond motifs is 1. The van der Waals surface area contributed by atoms with Crippen LogP contribution in [-0.2, 0) is 0 Å². The molecule has 0 atom stereocenters. The summed E-state index contributed by atoms with van der Waals surface area (Å²) < 4.78 is 11.0. The average Bonchev–Trinajstić information content (AvgIpc) is 2.35. The zero-order chi connectivity index (χ0) is 12.6. The minimum Gasteiger partial charge on any atom is -0.497 e. The summed E-state index contributed by atoms with van der Waals surface area (Å²) in [5, 5.41) is 1.50. The Balaban J connectivity index is 2.89. The molecule has 0 saturated heterocycles. The largest absolute Gasteiger partial charge is 0.497 e. The van der Waals surface area contributed by atoms with Gasteiger partial charge in [0.25, 0.3) is 0 Å². The fraction of sp³-hybridized carbons (Fsp3) is 0.182. The Bertz CT molecular complexity index is 589. The normalized spacial score (nSPS) is 10.6. The number of hydrogen-bond donors (Lipinski definition) is 0. The van der Waals surface area contributed by atoms with Crippen molar-refractivity contribution >= 4 is 50.0 Å². The first-order chi connectivity index (χ1) is 8.08. The molecule has 3 nitrogen and oxygen atoms in total. The molecule has 6 heteroatoms. The van der Waals surface area contributed by atoms with Gasteiger partial charge in [-0.05, 0) is 22.0 Å². The smallest absolute Gasteiger partial charge is 0.148 e. The number of rotatable bonds is 2. The van der Waals surface area contributed by atoms with E-state index in [9.17, 15) is 0 Å². The number of ether oxygens (including phenoxy) is 2. The molecule has 2 rings (SSSR count). The number of methoxy groups -OCH3 is 2. The molecule has 0 amide bonds. The highest BCUT2D eigenvalue weighted by molar-refractivity contribution is 9.10. The average molecular weight is 337 g/mol. The number of pyridine rings is 1. The molecule has 2 aromatic rings. The number of benzene rings is 1. The van der Waals surface area contributed by atoms with Crippen molar-refractivity contribution in [1.29, 1.82) is 0 Å². The van der Waals surface area contributed by atoms with Crippen LogP contribution < -0.4 is 9.47 Å². The van der Waals surface area contributed by atoms with Gasteiger partial charge in [0.2, 0.25) is 0 Å². The first kappa shape index (κ1) is 12.7. The molecule has 0 unspecified atom stereocenters. The van der Waals surface area contributed by atoms with E-state index < -0.39 is 0 Å². The molecule has 0 saturated carbocycles. The zero-order valence-electron chi connectivity index (χ0n) is 9.05. The molecular formula is C11H8BrCl2NO2. The molecule has 0 fully saturated rings. The molecule has 0 aliphatic heterocycles. The van der Waals surface area contributed by atoms with Crippen LogP contribution in [0.25, 0.3) is 10.9 Å². The number of halogens is 3. The van der Waals surface area contributed by atoms with Crippen molar-refractivity contribution in [2.24, 2.45) is 0 Å². The van der Waals surface area contributed by atoms with Crippen molar-refractivity contribution in [2.75, 3.05) is 14.2 Å². The number of nitrogens with zero attached hydrogens (tertiary/aromatic N) is 1. The van der Waals surface area contributed by atoms with Crippen LogP contribution in [0, 0.1) is 0 Å². The van der Waals surface area contributed by atoms with Crippen LogP contribution >= 0.6 is 39.1 Å². The van der Waals surface area contributed by atoms with E-state index in [0.717, 1.165) is 5.39 Å². The lowest BCUT2D eigenvalue weighted by atomic mass is 10.2. The Morgan fingerprint density at radius 2 is 1.88 bits per heavy atom. The van der Waals surface area contributed by atoms with Crippen molar-refractivity contribution in [1.82, 2.24) is 4.98 Å². The quantitative estimate of drug-likeness (QED) is 0.765. The molecule has 17 heavy (non-hydrogen) atoms. The lowest BCUT2D eigenvalue weighted by molar-refractivity contribution is 0.397. The molecule has 1 heterocycles. The van der Waals surface area contributed by atoms with Gasteiger partial charge in [-0.3, -0.25) is 0 Å². The molecule has 0 aliphatic rings. The van der Waals surface area contributed by atoms with Crippen LogP contribution in [0.4, 0.5) is 0 Å². The minimum atomic E-state index is 0.297. The maximum absolute atomic E-state index is 6.21. The highest BCUT2D eigenvalue weighted by Gasteiger charge is 2.15. The predicted molar refractivity (Wildman–Crippen MR) is 72.6 cm³/mol. The molecule has 0 N–H and O–H groups in total. The Morgan fingerprint density at radius 1 is 1.18 bits per heavy atom. The second-order valence-electron chi connectivity index (χ2n) is 3.26. The van der Waals surface area contributed by atoms with Gasteiger partial charge in [0, 0.05) is 11.5 Å². The van der Waals surface area contributed by atoms with Gasteiger partial charge in [-0.2, -0.15) is 0 Å². The molecule has 1 aromatic heterocycles. The SMILES string of the molecule is COc1cc(OC)c2nc(Cl)c(Br)c(Cl)c2c1. The monoisotopic (exact) mass is 335 g/mol. The summed E-state index contributed by atoms with van der Waals surface area (Å²) in [6.45, 7) is 0. The fourth-order valence-corrected chi connectivity index (χ4v) is 2.26. The van der Waals surface area contributed by atoms with E-state index in [1.807, 2.05) is 0 Å². The highest BCUT2D eigenvalue weighted by Crippen LogP contribution is 2.40. The predicted octanol–water partition coefficient (Wildman–Crippen LogP) is 4.32. The third-order valence-corrected chi connectivity index (χ3v) is 4.22. The third-order valence-electron chi connectivity index (χ3n) is 2.32. The van der Waals surface area contributed by atoms with Crippen molar-refractivity contribution in [2.45, 2.75) is 0 Å². The van der Waals surface area contributed by atoms with Crippen LogP contribution in [0.2, 0.25) is 10.2 Å². The molecule has 0 spiro atoms. The van der Waals surface area contributed by atoms with Gasteiger partial charge in [-0.25, -0.2) is 4.98 Å². The van der Waals surface area contributed by atoms with Gasteiger partial charge in [0.1, 0.15) is 22.2 Å². The maximum Gasteiger partial charge on any atom is 0.148 e. The molecular weight excluding hydrogens is 329 g/mol. The summed E-state index contributed by atoms with van der Waals surface area (Å²) in [5.41, 5.74) is 0.603. The Labute approximate surface area is 117 Å². The first-order valence-electron chi connectivity index (χ1n) is 4.64. The number of hydrogen-bond acceptors (Lipinski definition) is 3. The maximum atomic E-state index is 6.21. The van der Waals surface area contributed by atoms with Gasteiger partial charge in [-0.15, -0.1) is 0 Å². The van der Waals surface area contributed by atoms with Gasteiger partial charge >= 0.3 is 0 Å². The fourth-order valence-electron chi connectivity index (χ4n) is 1.49. The van der Waals surface area contributed by atoms with E-state index in [4.69, 9.17) is 32.7 Å². The number of aromatic nitrogens is 1. The van der Waals surface area contributed by atoms with Crippen LogP contribution in [0.3, 0.4) is 0 Å². The van der Waals surface area contributed by atoms with E-state index in [1.165, 1.54) is 0 Å². The topological polar surface area (TPSA) is 31.4 Å². The second kappa shape index (κ2) is 4.88. The molecule has 0 bridgehead atoms. The summed E-state index contributed by atoms with van der Waals surface area (Å²) in [6, 6.07) is 3.52. The van der Waals surface area contributed by atoms with E-state index in [0.29, 0.717) is 31.7 Å². The van der Waals surface area contributed by atoms with Crippen LogP contribution in [0.5, 0.6) is 11.5 Å². The summed E-state index contributed by atoms with van der Waals surface area (Å²) in [6.07, 6.45) is 0. The van der Waals surface area contributed by atoms with Crippen LogP contribution in [0.1, 0.15) is 0 Å². The minimum absolute atomic E-state index is 0.297. The van der Waals surface area contributed by atoms with E-state index >= 15 is 0 Å². The molecule has 0 radical (unpaired) electrons. The second-order valence-corrected chi connectivity index (χ2v) is 4.79. The summed E-state index contributed by atoms with van der Waals surface area (Å²) in [4.78, 5) is 4.24. The lowest BCUT2D eigenvalue weighted by Crippen LogP contribution is -1.92. The summed E-state index contributed by atoms with van der Waals surface area (Å²) in [5.74, 6) is 1.21. The Hall–Kier alpha value is -0.710. The van der Waals surface area contributed by atoms with E-state index in [1.54, 1.807) is 26.4 Å². The summed E-state index contributed by atoms with van der Waals surface area (Å²) >= 11 is 15.5. The van der Waals surface area contributed by atoms with Gasteiger partial charge < -0.3 is 9.47 Å². The van der Waals surface area contributed by atoms with Gasteiger partial charge in [0.05, 0.1) is 23.7 Å². The van der Waals surface area contributed by atoms with Crippen LogP contribution in [0.15, 0.2) is 16.6 Å². The first-order valence-corrected chi connectivity index (χ1v) is 6.19. The highest BCUT2D eigenvalue weighted by atomic mass is 79.9. The van der Waals surface area contributed by atoms with Crippen molar-refractivity contribution in [3.63, 3.8) is 0 Å². The Morgan fingerprint density at radius 3 is 2.47 bits per heavy atom. The van der Waals surface area contributed by atoms with E-state index in [2.05, 4.69) is 20.9 Å². The Kier molecular flexibility index (Phi) is 3.66. The third kappa shape index (κ3) is 2.17. The zero-order valence-corrected chi connectivity index (χ0v) is 12.2. The van der Waals surface area contributed by atoms with Crippen molar-refractivity contribution < 1.29 is 9.47 Å². The van der Waals surface area contributed by atoms with Gasteiger partial charge in [-0.1, -0.05) is 23.2 Å². The van der Waals surface area contributed by atoms with E-state index in [-0.39, 0.29) is 0 Å². The standard InChI is InChI=1S/C11H8BrCl2NO2/c1-16-5-3-6-9(13)8(12)11(14)15-10(6)7(4-5)17-2/h3-4H,1-2H3. The lowest BCUT2D eigenvalue weighted by Gasteiger charge is -2.10. The summed E-state index contributed by atoms with van der Waals surface area (Å²) in [7, 11) is 3.13. The van der Waals surface area contributed by atoms with Crippen molar-refractivity contribution in [3.05, 3.63) is 26.8 Å². The molecule has 1 aromatic carbocycles.